The van der Waals surface area contributed by atoms with Crippen LogP contribution in [0.4, 0.5) is 9.52 Å². The van der Waals surface area contributed by atoms with Crippen molar-refractivity contribution in [2.24, 2.45) is 0 Å². The summed E-state index contributed by atoms with van der Waals surface area (Å²) >= 11 is 6.51. The van der Waals surface area contributed by atoms with Crippen LogP contribution in [0.1, 0.15) is 22.1 Å². The van der Waals surface area contributed by atoms with E-state index in [4.69, 9.17) is 16.6 Å². The number of aromatic nitrogens is 4. The second-order valence-corrected chi connectivity index (χ2v) is 7.53. The number of halogens is 1. The normalized spacial score (nSPS) is 10.8. The number of anilines is 1. The van der Waals surface area contributed by atoms with Gasteiger partial charge in [0, 0.05) is 17.5 Å². The summed E-state index contributed by atoms with van der Waals surface area (Å²) < 4.78 is 21.0. The number of hydrogen-bond donors (Lipinski definition) is 2. The van der Waals surface area contributed by atoms with Gasteiger partial charge in [0.05, 0.1) is 12.1 Å². The summed E-state index contributed by atoms with van der Waals surface area (Å²) in [5.74, 6) is 0.594. The van der Waals surface area contributed by atoms with Gasteiger partial charge in [0.2, 0.25) is 0 Å². The van der Waals surface area contributed by atoms with Crippen LogP contribution in [0, 0.1) is 10.6 Å². The lowest BCUT2D eigenvalue weighted by Crippen LogP contribution is -2.10. The monoisotopic (exact) mass is 441 g/mol. The van der Waals surface area contributed by atoms with Crippen molar-refractivity contribution in [2.45, 2.75) is 13.0 Å². The molecule has 7 nitrogen and oxygen atoms in total. The van der Waals surface area contributed by atoms with E-state index in [1.54, 1.807) is 30.3 Å². The molecule has 0 saturated heterocycles. The highest BCUT2D eigenvalue weighted by molar-refractivity contribution is 7.71. The van der Waals surface area contributed by atoms with E-state index in [-0.39, 0.29) is 11.6 Å². The van der Waals surface area contributed by atoms with Gasteiger partial charge in [-0.05, 0) is 48.6 Å². The highest BCUT2D eigenvalue weighted by Gasteiger charge is 2.15. The van der Waals surface area contributed by atoms with Gasteiger partial charge in [0.15, 0.2) is 15.7 Å². The Labute approximate surface area is 179 Å². The number of benzene rings is 1. The Morgan fingerprint density at radius 2 is 2.13 bits per heavy atom. The summed E-state index contributed by atoms with van der Waals surface area (Å²) in [6, 6.07) is 9.08. The Bertz CT molecular complexity index is 1250. The maximum atomic E-state index is 13.1. The zero-order valence-electron chi connectivity index (χ0n) is 15.6. The minimum atomic E-state index is -0.418. The number of allylic oxidation sites excluding steroid dienone is 1. The number of carbonyl (C=O) groups is 1. The van der Waals surface area contributed by atoms with Crippen molar-refractivity contribution < 1.29 is 13.6 Å². The summed E-state index contributed by atoms with van der Waals surface area (Å²) in [7, 11) is 0. The molecule has 0 fully saturated rings. The van der Waals surface area contributed by atoms with Gasteiger partial charge in [-0.1, -0.05) is 6.08 Å². The molecule has 3 heterocycles. The molecule has 30 heavy (non-hydrogen) atoms. The SMILES string of the molecule is C=CCn1c(Cc2csc(NC(=O)c3ccc(-c4ccc(F)cc4)o3)n2)n[nH]c1=S. The van der Waals surface area contributed by atoms with Crippen LogP contribution >= 0.6 is 23.6 Å². The Kier molecular flexibility index (Phi) is 5.68. The van der Waals surface area contributed by atoms with Crippen LogP contribution < -0.4 is 5.32 Å². The smallest absolute Gasteiger partial charge is 0.293 e. The first-order valence-electron chi connectivity index (χ1n) is 8.90. The zero-order valence-corrected chi connectivity index (χ0v) is 17.2. The van der Waals surface area contributed by atoms with Crippen molar-refractivity contribution in [2.75, 3.05) is 5.32 Å². The molecule has 1 aromatic carbocycles. The molecule has 0 unspecified atom stereocenters. The second-order valence-electron chi connectivity index (χ2n) is 6.29. The van der Waals surface area contributed by atoms with Crippen LogP contribution in [-0.4, -0.2) is 25.7 Å². The number of amides is 1. The molecular weight excluding hydrogens is 425 g/mol. The molecule has 152 valence electrons. The van der Waals surface area contributed by atoms with Crippen LogP contribution in [0.25, 0.3) is 11.3 Å². The molecule has 0 spiro atoms. The van der Waals surface area contributed by atoms with E-state index in [0.29, 0.717) is 34.2 Å². The lowest BCUT2D eigenvalue weighted by atomic mass is 10.2. The topological polar surface area (TPSA) is 88.7 Å². The zero-order chi connectivity index (χ0) is 21.1. The molecule has 4 rings (SSSR count). The number of thiazole rings is 1. The van der Waals surface area contributed by atoms with E-state index in [1.165, 1.54) is 23.5 Å². The number of rotatable bonds is 7. The van der Waals surface area contributed by atoms with Crippen molar-refractivity contribution >= 4 is 34.6 Å². The molecule has 0 aliphatic carbocycles. The lowest BCUT2D eigenvalue weighted by Gasteiger charge is -2.01. The standard InChI is InChI=1S/C20H16FN5O2S2/c1-2-9-26-17(24-25-20(26)29)10-14-11-30-19(22-14)23-18(27)16-8-7-15(28-16)12-3-5-13(21)6-4-12/h2-8,11H,1,9-10H2,(H,25,29)(H,22,23,27). The van der Waals surface area contributed by atoms with Crippen LogP contribution in [0.2, 0.25) is 0 Å². The maximum absolute atomic E-state index is 13.1. The summed E-state index contributed by atoms with van der Waals surface area (Å²) in [5.41, 5.74) is 1.43. The third-order valence-electron chi connectivity index (χ3n) is 4.22. The first kappa shape index (κ1) is 19.9. The fourth-order valence-corrected chi connectivity index (χ4v) is 3.73. The molecule has 0 radical (unpaired) electrons. The molecule has 0 aliphatic heterocycles. The van der Waals surface area contributed by atoms with Gasteiger partial charge in [0.25, 0.3) is 5.91 Å². The molecule has 0 saturated carbocycles. The Morgan fingerprint density at radius 3 is 2.90 bits per heavy atom. The van der Waals surface area contributed by atoms with Crippen molar-refractivity contribution in [1.82, 2.24) is 19.7 Å². The highest BCUT2D eigenvalue weighted by atomic mass is 32.1. The molecule has 4 aromatic rings. The number of carbonyl (C=O) groups excluding carboxylic acids is 1. The van der Waals surface area contributed by atoms with Gasteiger partial charge in [0.1, 0.15) is 17.4 Å². The molecular formula is C20H16FN5O2S2. The van der Waals surface area contributed by atoms with E-state index >= 15 is 0 Å². The number of hydrogen-bond acceptors (Lipinski definition) is 6. The van der Waals surface area contributed by atoms with Crippen molar-refractivity contribution in [1.29, 1.82) is 0 Å². The first-order valence-corrected chi connectivity index (χ1v) is 10.2. The van der Waals surface area contributed by atoms with E-state index < -0.39 is 5.91 Å². The maximum Gasteiger partial charge on any atom is 0.293 e. The largest absolute Gasteiger partial charge is 0.451 e. The van der Waals surface area contributed by atoms with Gasteiger partial charge in [-0.3, -0.25) is 19.8 Å². The molecule has 0 atom stereocenters. The summed E-state index contributed by atoms with van der Waals surface area (Å²) in [6.07, 6.45) is 2.20. The van der Waals surface area contributed by atoms with Gasteiger partial charge >= 0.3 is 0 Å². The van der Waals surface area contributed by atoms with Crippen LogP contribution in [-0.2, 0) is 13.0 Å². The molecule has 1 amide bonds. The number of H-pyrrole nitrogens is 1. The van der Waals surface area contributed by atoms with Crippen LogP contribution in [0.15, 0.2) is 58.9 Å². The van der Waals surface area contributed by atoms with E-state index in [1.807, 2.05) is 9.95 Å². The summed E-state index contributed by atoms with van der Waals surface area (Å²) in [5, 5.41) is 12.0. The second kappa shape index (κ2) is 8.56. The molecule has 10 heteroatoms. The average molecular weight is 442 g/mol. The summed E-state index contributed by atoms with van der Waals surface area (Å²) in [6.45, 7) is 4.27. The van der Waals surface area contributed by atoms with E-state index in [2.05, 4.69) is 27.1 Å². The predicted molar refractivity (Wildman–Crippen MR) is 115 cm³/mol. The summed E-state index contributed by atoms with van der Waals surface area (Å²) in [4.78, 5) is 16.9. The fraction of sp³-hybridized carbons (Fsp3) is 0.100. The quantitative estimate of drug-likeness (QED) is 0.317. The van der Waals surface area contributed by atoms with Crippen molar-refractivity contribution in [3.63, 3.8) is 0 Å². The van der Waals surface area contributed by atoms with Gasteiger partial charge in [-0.15, -0.1) is 17.9 Å². The number of nitrogens with one attached hydrogen (secondary N) is 2. The molecule has 0 bridgehead atoms. The van der Waals surface area contributed by atoms with Gasteiger partial charge < -0.3 is 4.42 Å². The highest BCUT2D eigenvalue weighted by Crippen LogP contribution is 2.24. The Hall–Kier alpha value is -3.37. The fourth-order valence-electron chi connectivity index (χ4n) is 2.80. The minimum Gasteiger partial charge on any atom is -0.451 e. The predicted octanol–water partition coefficient (Wildman–Crippen LogP) is 4.83. The Morgan fingerprint density at radius 1 is 1.33 bits per heavy atom. The van der Waals surface area contributed by atoms with E-state index in [0.717, 1.165) is 11.5 Å². The lowest BCUT2D eigenvalue weighted by molar-refractivity contribution is 0.0997. The van der Waals surface area contributed by atoms with Crippen molar-refractivity contribution in [3.05, 3.63) is 82.3 Å². The van der Waals surface area contributed by atoms with Crippen LogP contribution in [0.5, 0.6) is 0 Å². The van der Waals surface area contributed by atoms with Crippen LogP contribution in [0.3, 0.4) is 0 Å². The molecule has 2 N–H and O–H groups in total. The number of nitrogens with zero attached hydrogens (tertiary/aromatic N) is 3. The average Bonchev–Trinajstić information content (AvgIpc) is 3.46. The third kappa shape index (κ3) is 4.29. The third-order valence-corrected chi connectivity index (χ3v) is 5.34. The van der Waals surface area contributed by atoms with E-state index in [9.17, 15) is 9.18 Å². The minimum absolute atomic E-state index is 0.137. The molecule has 3 aromatic heterocycles. The van der Waals surface area contributed by atoms with Gasteiger partial charge in [-0.2, -0.15) is 5.10 Å². The van der Waals surface area contributed by atoms with Crippen molar-refractivity contribution in [3.8, 4) is 11.3 Å². The first-order chi connectivity index (χ1) is 14.5. The van der Waals surface area contributed by atoms with Gasteiger partial charge in [-0.25, -0.2) is 9.37 Å². The number of aromatic amines is 1. The Balaban J connectivity index is 1.44. The number of furan rings is 1. The molecule has 0 aliphatic rings.